The number of aryl methyl sites for hydroxylation is 1. The van der Waals surface area contributed by atoms with Crippen molar-refractivity contribution < 1.29 is 13.2 Å². The number of nitrogens with zero attached hydrogens (tertiary/aromatic N) is 2. The van der Waals surface area contributed by atoms with E-state index in [0.29, 0.717) is 5.82 Å². The molecule has 8 heteroatoms. The smallest absolute Gasteiger partial charge is 0.389 e. The van der Waals surface area contributed by atoms with Crippen LogP contribution in [0.15, 0.2) is 30.5 Å². The number of aromatic nitrogens is 2. The van der Waals surface area contributed by atoms with Gasteiger partial charge in [0.15, 0.2) is 0 Å². The molecule has 3 N–H and O–H groups in total. The molecule has 2 rings (SSSR count). The van der Waals surface area contributed by atoms with Gasteiger partial charge in [-0.05, 0) is 18.2 Å². The minimum absolute atomic E-state index is 0.192. The first kappa shape index (κ1) is 14.3. The molecular weight excluding hydrogens is 289 g/mol. The van der Waals surface area contributed by atoms with Crippen molar-refractivity contribution in [3.8, 4) is 0 Å². The van der Waals surface area contributed by atoms with E-state index in [1.807, 2.05) is 0 Å². The molecule has 0 fully saturated rings. The second kappa shape index (κ2) is 5.12. The Morgan fingerprint density at radius 1 is 1.35 bits per heavy atom. The molecule has 0 aliphatic carbocycles. The minimum atomic E-state index is -4.52. The number of hydrogen-bond donors (Lipinski definition) is 2. The van der Waals surface area contributed by atoms with Crippen molar-refractivity contribution in [2.45, 2.75) is 6.18 Å². The third-order valence-corrected chi connectivity index (χ3v) is 2.90. The van der Waals surface area contributed by atoms with Gasteiger partial charge in [0.25, 0.3) is 0 Å². The van der Waals surface area contributed by atoms with Crippen LogP contribution in [0.5, 0.6) is 0 Å². The Bertz CT molecular complexity index is 648. The molecule has 2 aromatic rings. The van der Waals surface area contributed by atoms with E-state index in [2.05, 4.69) is 22.6 Å². The van der Waals surface area contributed by atoms with Gasteiger partial charge >= 0.3 is 6.18 Å². The zero-order chi connectivity index (χ0) is 14.9. The van der Waals surface area contributed by atoms with Gasteiger partial charge in [-0.15, -0.1) is 0 Å². The molecule has 0 aliphatic heterocycles. The highest BCUT2D eigenvalue weighted by Gasteiger charge is 2.34. The summed E-state index contributed by atoms with van der Waals surface area (Å²) in [6.07, 6.45) is -2.99. The molecule has 0 atom stereocenters. The SMILES string of the molecule is Cn1nccc1Nc1ccc(C(N)=S)c(C(F)(F)F)c1. The lowest BCUT2D eigenvalue weighted by Crippen LogP contribution is -2.18. The first-order valence-electron chi connectivity index (χ1n) is 5.55. The molecule has 0 unspecified atom stereocenters. The molecule has 0 bridgehead atoms. The average molecular weight is 300 g/mol. The summed E-state index contributed by atoms with van der Waals surface area (Å²) in [6.45, 7) is 0. The fourth-order valence-electron chi connectivity index (χ4n) is 1.72. The summed E-state index contributed by atoms with van der Waals surface area (Å²) in [7, 11) is 1.68. The van der Waals surface area contributed by atoms with Gasteiger partial charge in [-0.1, -0.05) is 12.2 Å². The summed E-state index contributed by atoms with van der Waals surface area (Å²) in [4.78, 5) is -0.288. The maximum absolute atomic E-state index is 13.0. The predicted octanol–water partition coefficient (Wildman–Crippen LogP) is 2.82. The number of rotatable bonds is 3. The van der Waals surface area contributed by atoms with Crippen LogP contribution < -0.4 is 11.1 Å². The van der Waals surface area contributed by atoms with E-state index < -0.39 is 11.7 Å². The van der Waals surface area contributed by atoms with Gasteiger partial charge in [0.1, 0.15) is 10.8 Å². The number of nitrogens with two attached hydrogens (primary N) is 1. The molecular formula is C12H11F3N4S. The van der Waals surface area contributed by atoms with Crippen LogP contribution in [0.25, 0.3) is 0 Å². The molecule has 4 nitrogen and oxygen atoms in total. The van der Waals surface area contributed by atoms with E-state index in [-0.39, 0.29) is 16.2 Å². The summed E-state index contributed by atoms with van der Waals surface area (Å²) in [5.74, 6) is 0.571. The number of halogens is 3. The van der Waals surface area contributed by atoms with Crippen LogP contribution in [-0.4, -0.2) is 14.8 Å². The number of nitrogens with one attached hydrogen (secondary N) is 1. The second-order valence-electron chi connectivity index (χ2n) is 4.09. The van der Waals surface area contributed by atoms with E-state index >= 15 is 0 Å². The molecule has 1 aromatic heterocycles. The number of hydrogen-bond acceptors (Lipinski definition) is 3. The highest BCUT2D eigenvalue weighted by atomic mass is 32.1. The van der Waals surface area contributed by atoms with E-state index in [9.17, 15) is 13.2 Å². The Kier molecular flexibility index (Phi) is 3.67. The molecule has 0 spiro atoms. The lowest BCUT2D eigenvalue weighted by atomic mass is 10.1. The van der Waals surface area contributed by atoms with Crippen molar-refractivity contribution in [2.24, 2.45) is 12.8 Å². The van der Waals surface area contributed by atoms with Crippen LogP contribution in [0, 0.1) is 0 Å². The van der Waals surface area contributed by atoms with E-state index in [0.717, 1.165) is 6.07 Å². The summed E-state index contributed by atoms with van der Waals surface area (Å²) in [5, 5.41) is 6.77. The van der Waals surface area contributed by atoms with Gasteiger partial charge in [0.2, 0.25) is 0 Å². The fourth-order valence-corrected chi connectivity index (χ4v) is 1.89. The molecule has 0 radical (unpaired) electrons. The predicted molar refractivity (Wildman–Crippen MR) is 73.8 cm³/mol. The molecule has 1 aromatic carbocycles. The van der Waals surface area contributed by atoms with E-state index in [1.54, 1.807) is 13.1 Å². The summed E-state index contributed by atoms with van der Waals surface area (Å²) in [6, 6.07) is 5.36. The van der Waals surface area contributed by atoms with Crippen LogP contribution in [0.3, 0.4) is 0 Å². The molecule has 20 heavy (non-hydrogen) atoms. The molecule has 106 valence electrons. The Morgan fingerprint density at radius 3 is 2.55 bits per heavy atom. The fraction of sp³-hybridized carbons (Fsp3) is 0.167. The quantitative estimate of drug-likeness (QED) is 0.856. The first-order chi connectivity index (χ1) is 9.29. The summed E-state index contributed by atoms with van der Waals surface area (Å²) in [5.41, 5.74) is 4.54. The van der Waals surface area contributed by atoms with E-state index in [1.165, 1.54) is 23.0 Å². The van der Waals surface area contributed by atoms with Crippen molar-refractivity contribution in [1.29, 1.82) is 0 Å². The Balaban J connectivity index is 2.42. The van der Waals surface area contributed by atoms with Gasteiger partial charge in [-0.2, -0.15) is 18.3 Å². The van der Waals surface area contributed by atoms with Gasteiger partial charge in [-0.3, -0.25) is 4.68 Å². The van der Waals surface area contributed by atoms with Crippen LogP contribution in [-0.2, 0) is 13.2 Å². The molecule has 1 heterocycles. The second-order valence-corrected chi connectivity index (χ2v) is 4.53. The van der Waals surface area contributed by atoms with Gasteiger partial charge < -0.3 is 11.1 Å². The average Bonchev–Trinajstić information content (AvgIpc) is 2.73. The van der Waals surface area contributed by atoms with Gasteiger partial charge in [-0.25, -0.2) is 0 Å². The van der Waals surface area contributed by atoms with Crippen molar-refractivity contribution in [3.05, 3.63) is 41.6 Å². The van der Waals surface area contributed by atoms with Gasteiger partial charge in [0, 0.05) is 24.4 Å². The van der Waals surface area contributed by atoms with Crippen LogP contribution in [0.4, 0.5) is 24.7 Å². The highest BCUT2D eigenvalue weighted by molar-refractivity contribution is 7.80. The Morgan fingerprint density at radius 2 is 2.05 bits per heavy atom. The first-order valence-corrected chi connectivity index (χ1v) is 5.96. The molecule has 0 saturated carbocycles. The van der Waals surface area contributed by atoms with Crippen LogP contribution in [0.1, 0.15) is 11.1 Å². The van der Waals surface area contributed by atoms with Crippen LogP contribution >= 0.6 is 12.2 Å². The lowest BCUT2D eigenvalue weighted by molar-refractivity contribution is -0.137. The molecule has 0 amide bonds. The lowest BCUT2D eigenvalue weighted by Gasteiger charge is -2.14. The van der Waals surface area contributed by atoms with Crippen molar-refractivity contribution in [1.82, 2.24) is 9.78 Å². The Labute approximate surface area is 118 Å². The maximum atomic E-state index is 13.0. The summed E-state index contributed by atoms with van der Waals surface area (Å²) < 4.78 is 40.5. The van der Waals surface area contributed by atoms with Gasteiger partial charge in [0.05, 0.1) is 11.8 Å². The largest absolute Gasteiger partial charge is 0.417 e. The van der Waals surface area contributed by atoms with Crippen molar-refractivity contribution in [2.75, 3.05) is 5.32 Å². The monoisotopic (exact) mass is 300 g/mol. The molecule has 0 aliphatic rings. The number of benzene rings is 1. The highest BCUT2D eigenvalue weighted by Crippen LogP contribution is 2.34. The number of alkyl halides is 3. The number of thiocarbonyl (C=S) groups is 1. The molecule has 0 saturated heterocycles. The zero-order valence-electron chi connectivity index (χ0n) is 10.4. The summed E-state index contributed by atoms with van der Waals surface area (Å²) >= 11 is 4.64. The van der Waals surface area contributed by atoms with Crippen LogP contribution in [0.2, 0.25) is 0 Å². The standard InChI is InChI=1S/C12H11F3N4S/c1-19-10(4-5-17-19)18-7-2-3-8(11(16)20)9(6-7)12(13,14)15/h2-6,18H,1H3,(H2,16,20). The van der Waals surface area contributed by atoms with Crippen molar-refractivity contribution >= 4 is 28.7 Å². The van der Waals surface area contributed by atoms with E-state index in [4.69, 9.17) is 5.73 Å². The zero-order valence-corrected chi connectivity index (χ0v) is 11.2. The minimum Gasteiger partial charge on any atom is -0.389 e. The Hall–Kier alpha value is -2.09. The topological polar surface area (TPSA) is 55.9 Å². The maximum Gasteiger partial charge on any atom is 0.417 e. The number of anilines is 2. The van der Waals surface area contributed by atoms with Crippen molar-refractivity contribution in [3.63, 3.8) is 0 Å². The third kappa shape index (κ3) is 2.90. The normalized spacial score (nSPS) is 11.4. The third-order valence-electron chi connectivity index (χ3n) is 2.68.